The molecule has 0 saturated carbocycles. The molecule has 152 valence electrons. The Balaban J connectivity index is 1.57. The molecule has 0 radical (unpaired) electrons. The van der Waals surface area contributed by atoms with Gasteiger partial charge in [-0.3, -0.25) is 14.2 Å². The molecule has 0 atom stereocenters. The number of methoxy groups -OCH3 is 1. The van der Waals surface area contributed by atoms with Crippen LogP contribution in [0.4, 0.5) is 5.69 Å². The number of benzene rings is 2. The summed E-state index contributed by atoms with van der Waals surface area (Å²) >= 11 is 9.46. The van der Waals surface area contributed by atoms with Crippen molar-refractivity contribution in [2.24, 2.45) is 0 Å². The van der Waals surface area contributed by atoms with Crippen LogP contribution >= 0.6 is 27.5 Å². The van der Waals surface area contributed by atoms with Crippen molar-refractivity contribution in [2.75, 3.05) is 12.4 Å². The predicted octanol–water partition coefficient (Wildman–Crippen LogP) is 3.65. The molecule has 0 unspecified atom stereocenters. The van der Waals surface area contributed by atoms with E-state index in [4.69, 9.17) is 16.3 Å². The second-order valence-corrected chi connectivity index (χ2v) is 7.67. The highest BCUT2D eigenvalue weighted by atomic mass is 79.9. The molecule has 8 nitrogen and oxygen atoms in total. The van der Waals surface area contributed by atoms with Gasteiger partial charge >= 0.3 is 0 Å². The van der Waals surface area contributed by atoms with E-state index >= 15 is 0 Å². The number of hydrogen-bond acceptors (Lipinski definition) is 5. The zero-order valence-electron chi connectivity index (χ0n) is 15.7. The van der Waals surface area contributed by atoms with Gasteiger partial charge in [-0.05, 0) is 42.5 Å². The van der Waals surface area contributed by atoms with Gasteiger partial charge < -0.3 is 10.1 Å². The summed E-state index contributed by atoms with van der Waals surface area (Å²) in [4.78, 5) is 29.5. The van der Waals surface area contributed by atoms with Crippen molar-refractivity contribution in [3.63, 3.8) is 0 Å². The third kappa shape index (κ3) is 3.94. The fourth-order valence-corrected chi connectivity index (χ4v) is 3.45. The molecule has 0 aliphatic carbocycles. The number of carbonyl (C=O) groups excluding carboxylic acids is 1. The van der Waals surface area contributed by atoms with E-state index in [9.17, 15) is 9.59 Å². The molecule has 10 heteroatoms. The van der Waals surface area contributed by atoms with Crippen LogP contribution in [0.25, 0.3) is 16.7 Å². The van der Waals surface area contributed by atoms with E-state index in [-0.39, 0.29) is 18.0 Å². The van der Waals surface area contributed by atoms with Crippen LogP contribution in [0.1, 0.15) is 0 Å². The molecular formula is C20H15BrClN5O3. The van der Waals surface area contributed by atoms with E-state index in [1.165, 1.54) is 24.2 Å². The molecule has 2 heterocycles. The summed E-state index contributed by atoms with van der Waals surface area (Å²) in [6, 6.07) is 12.3. The van der Waals surface area contributed by atoms with Crippen LogP contribution < -0.4 is 15.6 Å². The number of fused-ring (bicyclic) bond motifs is 1. The molecule has 0 bridgehead atoms. The van der Waals surface area contributed by atoms with Crippen molar-refractivity contribution in [1.29, 1.82) is 0 Å². The Morgan fingerprint density at radius 2 is 2.00 bits per heavy atom. The lowest BCUT2D eigenvalue weighted by atomic mass is 10.3. The number of nitrogens with one attached hydrogen (secondary N) is 1. The van der Waals surface area contributed by atoms with Crippen molar-refractivity contribution in [3.05, 3.63) is 74.8 Å². The largest absolute Gasteiger partial charge is 0.495 e. The molecule has 2 aromatic carbocycles. The summed E-state index contributed by atoms with van der Waals surface area (Å²) in [6.07, 6.45) is 2.78. The van der Waals surface area contributed by atoms with E-state index in [2.05, 4.69) is 31.3 Å². The van der Waals surface area contributed by atoms with Gasteiger partial charge in [-0.1, -0.05) is 27.5 Å². The first-order chi connectivity index (χ1) is 14.5. The average molecular weight is 489 g/mol. The lowest BCUT2D eigenvalue weighted by Gasteiger charge is -2.09. The van der Waals surface area contributed by atoms with Gasteiger partial charge in [-0.25, -0.2) is 9.67 Å². The van der Waals surface area contributed by atoms with Gasteiger partial charge in [0.15, 0.2) is 5.65 Å². The number of amides is 1. The molecule has 1 amide bonds. The van der Waals surface area contributed by atoms with Gasteiger partial charge in [0.2, 0.25) is 5.91 Å². The Morgan fingerprint density at radius 1 is 1.23 bits per heavy atom. The second kappa shape index (κ2) is 8.29. The molecule has 0 aliphatic heterocycles. The smallest absolute Gasteiger partial charge is 0.264 e. The molecular weight excluding hydrogens is 474 g/mol. The van der Waals surface area contributed by atoms with Crippen molar-refractivity contribution in [3.8, 4) is 11.4 Å². The summed E-state index contributed by atoms with van der Waals surface area (Å²) < 4.78 is 8.83. The van der Waals surface area contributed by atoms with Crippen LogP contribution in [0.15, 0.2) is 64.3 Å². The van der Waals surface area contributed by atoms with Gasteiger partial charge in [0.05, 0.1) is 24.0 Å². The fourth-order valence-electron chi connectivity index (χ4n) is 2.93. The van der Waals surface area contributed by atoms with Crippen molar-refractivity contribution in [1.82, 2.24) is 19.3 Å². The topological polar surface area (TPSA) is 91.0 Å². The highest BCUT2D eigenvalue weighted by Crippen LogP contribution is 2.27. The zero-order chi connectivity index (χ0) is 21.3. The number of ether oxygens (including phenoxy) is 1. The molecule has 0 spiro atoms. The van der Waals surface area contributed by atoms with Crippen molar-refractivity contribution >= 4 is 50.2 Å². The first-order valence-electron chi connectivity index (χ1n) is 8.79. The Bertz CT molecular complexity index is 1300. The molecule has 4 aromatic rings. The zero-order valence-corrected chi connectivity index (χ0v) is 18.0. The third-order valence-corrected chi connectivity index (χ3v) is 5.20. The van der Waals surface area contributed by atoms with Crippen molar-refractivity contribution < 1.29 is 9.53 Å². The van der Waals surface area contributed by atoms with Gasteiger partial charge in [0.25, 0.3) is 5.56 Å². The van der Waals surface area contributed by atoms with E-state index in [1.54, 1.807) is 22.9 Å². The molecule has 0 saturated heterocycles. The number of halogens is 2. The number of aromatic nitrogens is 4. The summed E-state index contributed by atoms with van der Waals surface area (Å²) in [5.41, 5.74) is 1.33. The lowest BCUT2D eigenvalue weighted by molar-refractivity contribution is -0.116. The quantitative estimate of drug-likeness (QED) is 0.463. The summed E-state index contributed by atoms with van der Waals surface area (Å²) in [5, 5.41) is 7.66. The highest BCUT2D eigenvalue weighted by Gasteiger charge is 2.14. The van der Waals surface area contributed by atoms with Crippen LogP contribution in [0.3, 0.4) is 0 Å². The molecule has 1 N–H and O–H groups in total. The molecule has 0 fully saturated rings. The van der Waals surface area contributed by atoms with Gasteiger partial charge in [0, 0.05) is 10.2 Å². The van der Waals surface area contributed by atoms with Crippen LogP contribution in [0.2, 0.25) is 5.02 Å². The van der Waals surface area contributed by atoms with E-state index in [1.807, 2.05) is 24.3 Å². The number of rotatable bonds is 5. The number of hydrogen-bond donors (Lipinski definition) is 1. The Morgan fingerprint density at radius 3 is 2.70 bits per heavy atom. The Hall–Kier alpha value is -3.17. The van der Waals surface area contributed by atoms with Gasteiger partial charge in [-0.2, -0.15) is 5.10 Å². The predicted molar refractivity (Wildman–Crippen MR) is 117 cm³/mol. The second-order valence-electron chi connectivity index (χ2n) is 6.35. The standard InChI is InChI=1S/C20H15BrClN5O3/c1-30-17-7-4-13(8-16(17)22)25-18(28)10-26-11-23-19-15(20(26)29)9-24-27(19)14-5-2-12(21)3-6-14/h2-9,11H,10H2,1H3,(H,25,28). The van der Waals surface area contributed by atoms with Crippen LogP contribution in [-0.4, -0.2) is 32.3 Å². The van der Waals surface area contributed by atoms with Gasteiger partial charge in [0.1, 0.15) is 24.0 Å². The lowest BCUT2D eigenvalue weighted by Crippen LogP contribution is -2.27. The average Bonchev–Trinajstić information content (AvgIpc) is 3.16. The molecule has 0 aliphatic rings. The monoisotopic (exact) mass is 487 g/mol. The minimum Gasteiger partial charge on any atom is -0.495 e. The molecule has 2 aromatic heterocycles. The Kier molecular flexibility index (Phi) is 5.56. The minimum absolute atomic E-state index is 0.200. The summed E-state index contributed by atoms with van der Waals surface area (Å²) in [5.74, 6) is 0.114. The molecule has 4 rings (SSSR count). The SMILES string of the molecule is COc1ccc(NC(=O)Cn2cnc3c(cnn3-c3ccc(Br)cc3)c2=O)cc1Cl. The summed E-state index contributed by atoms with van der Waals surface area (Å²) in [7, 11) is 1.51. The first kappa shape index (κ1) is 20.1. The first-order valence-corrected chi connectivity index (χ1v) is 9.96. The fraction of sp³-hybridized carbons (Fsp3) is 0.100. The maximum atomic E-state index is 12.8. The highest BCUT2D eigenvalue weighted by molar-refractivity contribution is 9.10. The van der Waals surface area contributed by atoms with E-state index in [0.29, 0.717) is 27.5 Å². The number of anilines is 1. The third-order valence-electron chi connectivity index (χ3n) is 4.38. The molecule has 30 heavy (non-hydrogen) atoms. The minimum atomic E-state index is -0.389. The van der Waals surface area contributed by atoms with E-state index < -0.39 is 0 Å². The van der Waals surface area contributed by atoms with E-state index in [0.717, 1.165) is 10.2 Å². The summed E-state index contributed by atoms with van der Waals surface area (Å²) in [6.45, 7) is -0.200. The van der Waals surface area contributed by atoms with Crippen LogP contribution in [0.5, 0.6) is 5.75 Å². The normalized spacial score (nSPS) is 10.9. The number of nitrogens with zero attached hydrogens (tertiary/aromatic N) is 4. The number of carbonyl (C=O) groups is 1. The van der Waals surface area contributed by atoms with Gasteiger partial charge in [-0.15, -0.1) is 0 Å². The maximum Gasteiger partial charge on any atom is 0.264 e. The van der Waals surface area contributed by atoms with Crippen LogP contribution in [0, 0.1) is 0 Å². The van der Waals surface area contributed by atoms with Crippen molar-refractivity contribution in [2.45, 2.75) is 6.54 Å². The Labute approximate surface area is 184 Å². The maximum absolute atomic E-state index is 12.8. The van der Waals surface area contributed by atoms with Crippen LogP contribution in [-0.2, 0) is 11.3 Å².